The number of hydrogen-bond acceptors (Lipinski definition) is 1. The van der Waals surface area contributed by atoms with E-state index < -0.39 is 0 Å². The summed E-state index contributed by atoms with van der Waals surface area (Å²) < 4.78 is 0. The molecule has 2 fully saturated rings. The highest BCUT2D eigenvalue weighted by Gasteiger charge is 2.42. The zero-order valence-corrected chi connectivity index (χ0v) is 9.37. The minimum absolute atomic E-state index is 0.0238. The number of amides is 1. The van der Waals surface area contributed by atoms with E-state index in [4.69, 9.17) is 0 Å². The molecular formula is C13H21NO. The van der Waals surface area contributed by atoms with Gasteiger partial charge < -0.3 is 5.32 Å². The van der Waals surface area contributed by atoms with Crippen LogP contribution < -0.4 is 5.32 Å². The van der Waals surface area contributed by atoms with Crippen LogP contribution in [-0.4, -0.2) is 12.5 Å². The molecule has 0 aromatic heterocycles. The number of carbonyl (C=O) groups excluding carboxylic acids is 1. The summed E-state index contributed by atoms with van der Waals surface area (Å²) in [6.07, 6.45) is 9.83. The molecule has 2 nitrogen and oxygen atoms in total. The lowest BCUT2D eigenvalue weighted by molar-refractivity contribution is -0.116. The van der Waals surface area contributed by atoms with Gasteiger partial charge in [-0.15, -0.1) is 0 Å². The summed E-state index contributed by atoms with van der Waals surface area (Å²) in [7, 11) is 0. The van der Waals surface area contributed by atoms with Crippen molar-refractivity contribution in [2.75, 3.05) is 6.54 Å². The van der Waals surface area contributed by atoms with E-state index in [0.29, 0.717) is 0 Å². The topological polar surface area (TPSA) is 29.1 Å². The van der Waals surface area contributed by atoms with Gasteiger partial charge in [0.2, 0.25) is 5.91 Å². The Morgan fingerprint density at radius 3 is 2.73 bits per heavy atom. The molecule has 15 heavy (non-hydrogen) atoms. The highest BCUT2D eigenvalue weighted by Crippen LogP contribution is 2.48. The fraction of sp³-hybridized carbons (Fsp3) is 0.769. The molecular weight excluding hydrogens is 186 g/mol. The van der Waals surface area contributed by atoms with E-state index in [2.05, 4.69) is 11.9 Å². The van der Waals surface area contributed by atoms with Crippen molar-refractivity contribution >= 4 is 5.91 Å². The second-order valence-electron chi connectivity index (χ2n) is 5.01. The fourth-order valence-electron chi connectivity index (χ4n) is 2.95. The van der Waals surface area contributed by atoms with Crippen molar-refractivity contribution in [1.29, 1.82) is 0 Å². The lowest BCUT2D eigenvalue weighted by Gasteiger charge is -2.21. The zero-order valence-electron chi connectivity index (χ0n) is 9.37. The third kappa shape index (κ3) is 2.83. The fourth-order valence-corrected chi connectivity index (χ4v) is 2.95. The van der Waals surface area contributed by atoms with Gasteiger partial charge in [0.1, 0.15) is 0 Å². The normalized spacial score (nSPS) is 30.9. The third-order valence-corrected chi connectivity index (χ3v) is 3.96. The van der Waals surface area contributed by atoms with E-state index >= 15 is 0 Å². The summed E-state index contributed by atoms with van der Waals surface area (Å²) in [6, 6.07) is 0. The van der Waals surface area contributed by atoms with Crippen LogP contribution in [0, 0.1) is 17.8 Å². The van der Waals surface area contributed by atoms with Crippen LogP contribution >= 0.6 is 0 Å². The monoisotopic (exact) mass is 207 g/mol. The predicted octanol–water partition coefficient (Wildman–Crippen LogP) is 2.51. The van der Waals surface area contributed by atoms with Crippen LogP contribution in [0.25, 0.3) is 0 Å². The molecule has 2 atom stereocenters. The molecule has 1 N–H and O–H groups in total. The minimum atomic E-state index is -0.0238. The lowest BCUT2D eigenvalue weighted by atomic mass is 9.85. The van der Waals surface area contributed by atoms with Crippen molar-refractivity contribution < 1.29 is 4.79 Å². The van der Waals surface area contributed by atoms with Gasteiger partial charge in [0.05, 0.1) is 0 Å². The number of carbonyl (C=O) groups is 1. The minimum Gasteiger partial charge on any atom is -0.352 e. The average molecular weight is 207 g/mol. The van der Waals surface area contributed by atoms with Crippen molar-refractivity contribution in [3.05, 3.63) is 12.7 Å². The molecule has 2 aliphatic rings. The first kappa shape index (κ1) is 10.7. The molecule has 1 amide bonds. The molecule has 0 bridgehead atoms. The van der Waals surface area contributed by atoms with Crippen molar-refractivity contribution in [2.45, 2.75) is 38.5 Å². The predicted molar refractivity (Wildman–Crippen MR) is 61.4 cm³/mol. The van der Waals surface area contributed by atoms with Gasteiger partial charge in [0.25, 0.3) is 0 Å². The van der Waals surface area contributed by atoms with E-state index in [9.17, 15) is 4.79 Å². The number of nitrogens with one attached hydrogen (secondary N) is 1. The maximum Gasteiger partial charge on any atom is 0.243 e. The van der Waals surface area contributed by atoms with Crippen molar-refractivity contribution in [2.24, 2.45) is 17.8 Å². The molecule has 0 aliphatic heterocycles. The van der Waals surface area contributed by atoms with Crippen molar-refractivity contribution in [3.63, 3.8) is 0 Å². The first-order chi connectivity index (χ1) is 7.31. The highest BCUT2D eigenvalue weighted by atomic mass is 16.1. The zero-order chi connectivity index (χ0) is 10.7. The summed E-state index contributed by atoms with van der Waals surface area (Å²) in [5.74, 6) is 2.61. The first-order valence-electron chi connectivity index (χ1n) is 6.21. The van der Waals surface area contributed by atoms with Crippen LogP contribution in [0.5, 0.6) is 0 Å². The van der Waals surface area contributed by atoms with Gasteiger partial charge in [-0.05, 0) is 30.3 Å². The SMILES string of the molecule is C=CC(=O)NC[C@@H]1C[C@H]1C1CCCCC1. The summed E-state index contributed by atoms with van der Waals surface area (Å²) in [5, 5.41) is 2.91. The number of rotatable bonds is 4. The molecule has 0 radical (unpaired) electrons. The Bertz CT molecular complexity index is 243. The summed E-state index contributed by atoms with van der Waals surface area (Å²) in [6.45, 7) is 4.32. The molecule has 2 aliphatic carbocycles. The molecule has 0 spiro atoms. The van der Waals surface area contributed by atoms with E-state index in [1.807, 2.05) is 0 Å². The molecule has 84 valence electrons. The third-order valence-electron chi connectivity index (χ3n) is 3.96. The maximum absolute atomic E-state index is 11.0. The van der Waals surface area contributed by atoms with Gasteiger partial charge in [0, 0.05) is 6.54 Å². The Labute approximate surface area is 92.1 Å². The second kappa shape index (κ2) is 4.82. The second-order valence-corrected chi connectivity index (χ2v) is 5.01. The maximum atomic E-state index is 11.0. The lowest BCUT2D eigenvalue weighted by Crippen LogP contribution is -2.24. The van der Waals surface area contributed by atoms with E-state index in [0.717, 1.165) is 24.3 Å². The van der Waals surface area contributed by atoms with E-state index in [1.165, 1.54) is 44.6 Å². The largest absolute Gasteiger partial charge is 0.352 e. The Morgan fingerprint density at radius 2 is 2.07 bits per heavy atom. The molecule has 0 heterocycles. The standard InChI is InChI=1S/C13H21NO/c1-2-13(15)14-9-11-8-12(11)10-6-4-3-5-7-10/h2,10-12H,1,3-9H2,(H,14,15)/t11-,12-/m0/s1. The molecule has 0 aromatic carbocycles. The van der Waals surface area contributed by atoms with Gasteiger partial charge in [0.15, 0.2) is 0 Å². The number of hydrogen-bond donors (Lipinski definition) is 1. The van der Waals surface area contributed by atoms with Crippen LogP contribution in [0.3, 0.4) is 0 Å². The molecule has 2 saturated carbocycles. The van der Waals surface area contributed by atoms with Gasteiger partial charge >= 0.3 is 0 Å². The molecule has 0 saturated heterocycles. The Hall–Kier alpha value is -0.790. The summed E-state index contributed by atoms with van der Waals surface area (Å²) in [4.78, 5) is 11.0. The van der Waals surface area contributed by atoms with Gasteiger partial charge in [-0.1, -0.05) is 38.7 Å². The van der Waals surface area contributed by atoms with E-state index in [1.54, 1.807) is 0 Å². The molecule has 2 rings (SSSR count). The highest BCUT2D eigenvalue weighted by molar-refractivity contribution is 5.86. The molecule has 0 aromatic rings. The smallest absolute Gasteiger partial charge is 0.243 e. The summed E-state index contributed by atoms with van der Waals surface area (Å²) in [5.41, 5.74) is 0. The van der Waals surface area contributed by atoms with Gasteiger partial charge in [-0.2, -0.15) is 0 Å². The van der Waals surface area contributed by atoms with Gasteiger partial charge in [-0.25, -0.2) is 0 Å². The quantitative estimate of drug-likeness (QED) is 0.705. The summed E-state index contributed by atoms with van der Waals surface area (Å²) >= 11 is 0. The van der Waals surface area contributed by atoms with Gasteiger partial charge in [-0.3, -0.25) is 4.79 Å². The Balaban J connectivity index is 1.66. The molecule has 2 heteroatoms. The van der Waals surface area contributed by atoms with Crippen LogP contribution in [0.15, 0.2) is 12.7 Å². The first-order valence-corrected chi connectivity index (χ1v) is 6.21. The van der Waals surface area contributed by atoms with E-state index in [-0.39, 0.29) is 5.91 Å². The van der Waals surface area contributed by atoms with Crippen LogP contribution in [0.4, 0.5) is 0 Å². The average Bonchev–Trinajstić information content (AvgIpc) is 3.06. The molecule has 0 unspecified atom stereocenters. The van der Waals surface area contributed by atoms with Crippen LogP contribution in [0.2, 0.25) is 0 Å². The Kier molecular flexibility index (Phi) is 3.45. The van der Waals surface area contributed by atoms with Crippen LogP contribution in [-0.2, 0) is 4.79 Å². The van der Waals surface area contributed by atoms with Crippen LogP contribution in [0.1, 0.15) is 38.5 Å². The van der Waals surface area contributed by atoms with Crippen molar-refractivity contribution in [3.8, 4) is 0 Å². The Morgan fingerprint density at radius 1 is 1.33 bits per heavy atom. The van der Waals surface area contributed by atoms with Crippen molar-refractivity contribution in [1.82, 2.24) is 5.32 Å².